The lowest BCUT2D eigenvalue weighted by Crippen LogP contribution is -2.44. The van der Waals surface area contributed by atoms with Gasteiger partial charge in [0, 0.05) is 13.7 Å². The van der Waals surface area contributed by atoms with E-state index < -0.39 is 6.04 Å². The van der Waals surface area contributed by atoms with Crippen LogP contribution in [0.2, 0.25) is 0 Å². The van der Waals surface area contributed by atoms with Crippen LogP contribution in [-0.2, 0) is 16.0 Å². The molecule has 0 saturated carbocycles. The Kier molecular flexibility index (Phi) is 8.33. The zero-order valence-electron chi connectivity index (χ0n) is 13.2. The second kappa shape index (κ2) is 10.0. The van der Waals surface area contributed by atoms with Crippen LogP contribution >= 0.6 is 12.4 Å². The minimum Gasteiger partial charge on any atom is -0.383 e. The quantitative estimate of drug-likeness (QED) is 0.817. The molecule has 0 aliphatic rings. The van der Waals surface area contributed by atoms with E-state index in [4.69, 9.17) is 10.5 Å². The Bertz CT molecular complexity index is 605. The van der Waals surface area contributed by atoms with Crippen molar-refractivity contribution in [3.05, 3.63) is 60.2 Å². The number of nitrogens with two attached hydrogens (primary N) is 1. The lowest BCUT2D eigenvalue weighted by atomic mass is 10.0. The van der Waals surface area contributed by atoms with Gasteiger partial charge in [-0.3, -0.25) is 4.79 Å². The smallest absolute Gasteiger partial charge is 0.239 e. The van der Waals surface area contributed by atoms with Crippen LogP contribution in [0.5, 0.6) is 0 Å². The molecule has 1 unspecified atom stereocenters. The average molecular weight is 335 g/mol. The SMILES string of the molecule is COCC(N)C(=O)NCCc1cccc(-c2ccccc2)c1.Cl. The molecule has 23 heavy (non-hydrogen) atoms. The van der Waals surface area contributed by atoms with E-state index >= 15 is 0 Å². The Morgan fingerprint density at radius 2 is 1.83 bits per heavy atom. The van der Waals surface area contributed by atoms with Gasteiger partial charge in [0.25, 0.3) is 0 Å². The summed E-state index contributed by atoms with van der Waals surface area (Å²) in [7, 11) is 1.53. The van der Waals surface area contributed by atoms with Crippen LogP contribution < -0.4 is 11.1 Å². The highest BCUT2D eigenvalue weighted by Gasteiger charge is 2.11. The maximum Gasteiger partial charge on any atom is 0.239 e. The Hall–Kier alpha value is -1.88. The van der Waals surface area contributed by atoms with Crippen LogP contribution in [0.3, 0.4) is 0 Å². The van der Waals surface area contributed by atoms with Crippen LogP contribution in [0.1, 0.15) is 5.56 Å². The number of amides is 1. The van der Waals surface area contributed by atoms with Crippen molar-refractivity contribution in [3.8, 4) is 11.1 Å². The monoisotopic (exact) mass is 334 g/mol. The summed E-state index contributed by atoms with van der Waals surface area (Å²) >= 11 is 0. The highest BCUT2D eigenvalue weighted by Crippen LogP contribution is 2.20. The van der Waals surface area contributed by atoms with Crippen LogP contribution in [0.15, 0.2) is 54.6 Å². The summed E-state index contributed by atoms with van der Waals surface area (Å²) in [4.78, 5) is 11.7. The van der Waals surface area contributed by atoms with E-state index in [0.717, 1.165) is 6.42 Å². The molecule has 4 nitrogen and oxygen atoms in total. The zero-order chi connectivity index (χ0) is 15.8. The largest absolute Gasteiger partial charge is 0.383 e. The summed E-state index contributed by atoms with van der Waals surface area (Å²) in [6, 6.07) is 18.0. The molecule has 5 heteroatoms. The number of carbonyl (C=O) groups excluding carboxylic acids is 1. The van der Waals surface area contributed by atoms with Crippen molar-refractivity contribution < 1.29 is 9.53 Å². The van der Waals surface area contributed by atoms with Gasteiger partial charge in [-0.05, 0) is 23.1 Å². The van der Waals surface area contributed by atoms with Gasteiger partial charge in [-0.2, -0.15) is 0 Å². The van der Waals surface area contributed by atoms with Gasteiger partial charge in [0.15, 0.2) is 0 Å². The number of rotatable bonds is 7. The van der Waals surface area contributed by atoms with Crippen molar-refractivity contribution in [2.24, 2.45) is 5.73 Å². The third-order valence-electron chi connectivity index (χ3n) is 3.43. The molecule has 2 aromatic rings. The second-order valence-corrected chi connectivity index (χ2v) is 5.17. The molecule has 0 bridgehead atoms. The molecule has 0 heterocycles. The first-order chi connectivity index (χ1) is 10.7. The van der Waals surface area contributed by atoms with Crippen molar-refractivity contribution in [1.82, 2.24) is 5.32 Å². The number of hydrogen-bond acceptors (Lipinski definition) is 3. The van der Waals surface area contributed by atoms with Crippen molar-refractivity contribution in [2.75, 3.05) is 20.3 Å². The fraction of sp³-hybridized carbons (Fsp3) is 0.278. The van der Waals surface area contributed by atoms with E-state index in [1.54, 1.807) is 0 Å². The summed E-state index contributed by atoms with van der Waals surface area (Å²) in [5, 5.41) is 2.83. The third kappa shape index (κ3) is 6.02. The molecule has 0 fully saturated rings. The number of benzene rings is 2. The molecular formula is C18H23ClN2O2. The predicted molar refractivity (Wildman–Crippen MR) is 95.7 cm³/mol. The standard InChI is InChI=1S/C18H22N2O2.ClH/c1-22-13-17(19)18(21)20-11-10-14-6-5-9-16(12-14)15-7-3-2-4-8-15;/h2-9,12,17H,10-11,13,19H2,1H3,(H,20,21);1H. The fourth-order valence-corrected chi connectivity index (χ4v) is 2.25. The minimum absolute atomic E-state index is 0. The van der Waals surface area contributed by atoms with E-state index in [2.05, 4.69) is 35.6 Å². The Balaban J connectivity index is 0.00000264. The van der Waals surface area contributed by atoms with Gasteiger partial charge in [-0.15, -0.1) is 12.4 Å². The molecule has 0 aromatic heterocycles. The summed E-state index contributed by atoms with van der Waals surface area (Å²) < 4.78 is 4.87. The van der Waals surface area contributed by atoms with Gasteiger partial charge in [-0.25, -0.2) is 0 Å². The van der Waals surface area contributed by atoms with Crippen LogP contribution in [0.4, 0.5) is 0 Å². The number of carbonyl (C=O) groups is 1. The number of methoxy groups -OCH3 is 1. The lowest BCUT2D eigenvalue weighted by molar-refractivity contribution is -0.123. The molecule has 0 aliphatic carbocycles. The van der Waals surface area contributed by atoms with Crippen molar-refractivity contribution in [1.29, 1.82) is 0 Å². The molecule has 1 atom stereocenters. The average Bonchev–Trinajstić information content (AvgIpc) is 2.56. The van der Waals surface area contributed by atoms with E-state index in [1.807, 2.05) is 24.3 Å². The zero-order valence-corrected chi connectivity index (χ0v) is 14.0. The molecule has 0 radical (unpaired) electrons. The predicted octanol–water partition coefficient (Wildman–Crippen LogP) is 2.41. The first-order valence-corrected chi connectivity index (χ1v) is 7.37. The first-order valence-electron chi connectivity index (χ1n) is 7.37. The molecule has 124 valence electrons. The summed E-state index contributed by atoms with van der Waals surface area (Å²) in [6.45, 7) is 0.795. The number of halogens is 1. The van der Waals surface area contributed by atoms with Gasteiger partial charge in [0.2, 0.25) is 5.91 Å². The topological polar surface area (TPSA) is 64.3 Å². The molecule has 1 amide bonds. The highest BCUT2D eigenvalue weighted by atomic mass is 35.5. The summed E-state index contributed by atoms with van der Waals surface area (Å²) in [5.74, 6) is -0.180. The minimum atomic E-state index is -0.611. The maximum absolute atomic E-state index is 11.7. The van der Waals surface area contributed by atoms with Gasteiger partial charge in [-0.1, -0.05) is 54.6 Å². The molecule has 3 N–H and O–H groups in total. The van der Waals surface area contributed by atoms with Crippen molar-refractivity contribution in [3.63, 3.8) is 0 Å². The summed E-state index contributed by atoms with van der Waals surface area (Å²) in [5.41, 5.74) is 9.22. The van der Waals surface area contributed by atoms with Gasteiger partial charge >= 0.3 is 0 Å². The maximum atomic E-state index is 11.7. The van der Waals surface area contributed by atoms with Crippen LogP contribution in [0.25, 0.3) is 11.1 Å². The first kappa shape index (κ1) is 19.2. The van der Waals surface area contributed by atoms with E-state index in [0.29, 0.717) is 6.54 Å². The molecule has 0 aliphatic heterocycles. The number of hydrogen-bond donors (Lipinski definition) is 2. The van der Waals surface area contributed by atoms with Crippen molar-refractivity contribution in [2.45, 2.75) is 12.5 Å². The third-order valence-corrected chi connectivity index (χ3v) is 3.43. The summed E-state index contributed by atoms with van der Waals surface area (Å²) in [6.07, 6.45) is 0.770. The van der Waals surface area contributed by atoms with E-state index in [1.165, 1.54) is 23.8 Å². The Labute approximate surface area is 143 Å². The molecule has 0 spiro atoms. The van der Waals surface area contributed by atoms with Gasteiger partial charge in [0.05, 0.1) is 6.61 Å². The molecule has 2 aromatic carbocycles. The Morgan fingerprint density at radius 1 is 1.13 bits per heavy atom. The second-order valence-electron chi connectivity index (χ2n) is 5.17. The fourth-order valence-electron chi connectivity index (χ4n) is 2.25. The van der Waals surface area contributed by atoms with Crippen LogP contribution in [0, 0.1) is 0 Å². The van der Waals surface area contributed by atoms with Gasteiger partial charge < -0.3 is 15.8 Å². The number of ether oxygens (including phenoxy) is 1. The molecular weight excluding hydrogens is 312 g/mol. The van der Waals surface area contributed by atoms with E-state index in [9.17, 15) is 4.79 Å². The van der Waals surface area contributed by atoms with E-state index in [-0.39, 0.29) is 24.9 Å². The Morgan fingerprint density at radius 3 is 2.52 bits per heavy atom. The number of nitrogens with one attached hydrogen (secondary N) is 1. The molecule has 2 rings (SSSR count). The van der Waals surface area contributed by atoms with Crippen LogP contribution in [-0.4, -0.2) is 32.2 Å². The van der Waals surface area contributed by atoms with Crippen molar-refractivity contribution >= 4 is 18.3 Å². The molecule has 0 saturated heterocycles. The highest BCUT2D eigenvalue weighted by molar-refractivity contribution is 5.85. The normalized spacial score (nSPS) is 11.4. The van der Waals surface area contributed by atoms with Gasteiger partial charge in [0.1, 0.15) is 6.04 Å². The lowest BCUT2D eigenvalue weighted by Gasteiger charge is -2.11.